The van der Waals surface area contributed by atoms with Crippen molar-refractivity contribution in [2.45, 2.75) is 6.42 Å². The number of carbonyl (C=O) groups excluding carboxylic acids is 1. The van der Waals surface area contributed by atoms with E-state index in [-0.39, 0.29) is 11.9 Å². The molecule has 0 saturated carbocycles. The van der Waals surface area contributed by atoms with Crippen LogP contribution in [-0.4, -0.2) is 19.7 Å². The fraction of sp³-hybridized carbons (Fsp3) is 0.429. The standard InChI is InChI=1S/C7H9N3O2/c1-9-7(11)10-6-5(4-8)2-3-12-6/h2-3H2,1H3,(H2,9,10,11). The van der Waals surface area contributed by atoms with E-state index >= 15 is 0 Å². The van der Waals surface area contributed by atoms with Crippen LogP contribution in [0.5, 0.6) is 0 Å². The van der Waals surface area contributed by atoms with Crippen molar-refractivity contribution in [3.8, 4) is 6.07 Å². The van der Waals surface area contributed by atoms with E-state index in [0.717, 1.165) is 0 Å². The Morgan fingerprint density at radius 2 is 2.50 bits per heavy atom. The first-order valence-corrected chi connectivity index (χ1v) is 3.52. The molecule has 0 atom stereocenters. The molecule has 0 bridgehead atoms. The van der Waals surface area contributed by atoms with Crippen molar-refractivity contribution in [1.82, 2.24) is 10.6 Å². The number of nitriles is 1. The smallest absolute Gasteiger partial charge is 0.321 e. The molecular weight excluding hydrogens is 158 g/mol. The van der Waals surface area contributed by atoms with Gasteiger partial charge in [-0.2, -0.15) is 5.26 Å². The van der Waals surface area contributed by atoms with Gasteiger partial charge in [0.2, 0.25) is 5.88 Å². The summed E-state index contributed by atoms with van der Waals surface area (Å²) in [5.74, 6) is 0.275. The van der Waals surface area contributed by atoms with E-state index in [9.17, 15) is 4.79 Å². The number of urea groups is 1. The van der Waals surface area contributed by atoms with Crippen LogP contribution in [0.25, 0.3) is 0 Å². The molecule has 12 heavy (non-hydrogen) atoms. The van der Waals surface area contributed by atoms with Crippen molar-refractivity contribution in [1.29, 1.82) is 5.26 Å². The molecule has 2 N–H and O–H groups in total. The molecule has 0 aromatic rings. The van der Waals surface area contributed by atoms with Crippen LogP contribution < -0.4 is 10.6 Å². The summed E-state index contributed by atoms with van der Waals surface area (Å²) in [6.45, 7) is 0.461. The minimum absolute atomic E-state index is 0.275. The van der Waals surface area contributed by atoms with Gasteiger partial charge in [-0.1, -0.05) is 0 Å². The van der Waals surface area contributed by atoms with Gasteiger partial charge in [-0.25, -0.2) is 4.79 Å². The second-order valence-corrected chi connectivity index (χ2v) is 2.22. The summed E-state index contributed by atoms with van der Waals surface area (Å²) in [5.41, 5.74) is 0.485. The van der Waals surface area contributed by atoms with Crippen molar-refractivity contribution in [3.63, 3.8) is 0 Å². The highest BCUT2D eigenvalue weighted by molar-refractivity contribution is 5.75. The summed E-state index contributed by atoms with van der Waals surface area (Å²) < 4.78 is 5.01. The molecule has 0 unspecified atom stereocenters. The molecule has 1 aliphatic heterocycles. The zero-order valence-electron chi connectivity index (χ0n) is 6.68. The molecule has 0 aromatic heterocycles. The number of hydrogen-bond acceptors (Lipinski definition) is 3. The predicted octanol–water partition coefficient (Wildman–Crippen LogP) is 0.0709. The first-order chi connectivity index (χ1) is 5.77. The van der Waals surface area contributed by atoms with Gasteiger partial charge in [-0.3, -0.25) is 5.32 Å². The first-order valence-electron chi connectivity index (χ1n) is 3.52. The fourth-order valence-electron chi connectivity index (χ4n) is 0.840. The first kappa shape index (κ1) is 8.40. The largest absolute Gasteiger partial charge is 0.478 e. The van der Waals surface area contributed by atoms with Crippen molar-refractivity contribution >= 4 is 6.03 Å². The number of nitrogens with zero attached hydrogens (tertiary/aromatic N) is 1. The zero-order valence-corrected chi connectivity index (χ0v) is 6.68. The lowest BCUT2D eigenvalue weighted by Gasteiger charge is -2.04. The number of ether oxygens (including phenoxy) is 1. The third kappa shape index (κ3) is 1.66. The Bertz CT molecular complexity index is 264. The van der Waals surface area contributed by atoms with Gasteiger partial charge in [-0.15, -0.1) is 0 Å². The van der Waals surface area contributed by atoms with Gasteiger partial charge < -0.3 is 10.1 Å². The van der Waals surface area contributed by atoms with Crippen molar-refractivity contribution in [3.05, 3.63) is 11.5 Å². The SMILES string of the molecule is CNC(=O)NC1=C(C#N)CCO1. The Morgan fingerprint density at radius 1 is 1.75 bits per heavy atom. The van der Waals surface area contributed by atoms with Crippen LogP contribution in [0, 0.1) is 11.3 Å². The van der Waals surface area contributed by atoms with Crippen molar-refractivity contribution < 1.29 is 9.53 Å². The molecule has 0 saturated heterocycles. The summed E-state index contributed by atoms with van der Waals surface area (Å²) in [6.07, 6.45) is 0.565. The fourth-order valence-corrected chi connectivity index (χ4v) is 0.840. The van der Waals surface area contributed by atoms with Crippen molar-refractivity contribution in [2.24, 2.45) is 0 Å². The average Bonchev–Trinajstić information content (AvgIpc) is 2.51. The van der Waals surface area contributed by atoms with Gasteiger partial charge >= 0.3 is 6.03 Å². The highest BCUT2D eigenvalue weighted by atomic mass is 16.5. The number of hydrogen-bond donors (Lipinski definition) is 2. The van der Waals surface area contributed by atoms with Gasteiger partial charge in [0.15, 0.2) is 0 Å². The Hall–Kier alpha value is -1.70. The van der Waals surface area contributed by atoms with E-state index in [4.69, 9.17) is 10.00 Å². The molecular formula is C7H9N3O2. The third-order valence-corrected chi connectivity index (χ3v) is 1.46. The summed E-state index contributed by atoms with van der Waals surface area (Å²) >= 11 is 0. The highest BCUT2D eigenvalue weighted by Crippen LogP contribution is 2.15. The third-order valence-electron chi connectivity index (χ3n) is 1.46. The summed E-state index contributed by atoms with van der Waals surface area (Å²) in [7, 11) is 1.50. The minimum Gasteiger partial charge on any atom is -0.478 e. The molecule has 5 heteroatoms. The second kappa shape index (κ2) is 3.62. The van der Waals surface area contributed by atoms with Gasteiger partial charge in [0.25, 0.3) is 0 Å². The van der Waals surface area contributed by atoms with E-state index in [1.807, 2.05) is 6.07 Å². The van der Waals surface area contributed by atoms with Gasteiger partial charge in [-0.05, 0) is 0 Å². The van der Waals surface area contributed by atoms with E-state index in [2.05, 4.69) is 10.6 Å². The maximum Gasteiger partial charge on any atom is 0.321 e. The Labute approximate surface area is 70.0 Å². The molecule has 1 heterocycles. The second-order valence-electron chi connectivity index (χ2n) is 2.22. The normalized spacial score (nSPS) is 15.0. The van der Waals surface area contributed by atoms with Crippen LogP contribution >= 0.6 is 0 Å². The summed E-state index contributed by atoms with van der Waals surface area (Å²) in [5, 5.41) is 13.3. The van der Waals surface area contributed by atoms with E-state index in [1.165, 1.54) is 7.05 Å². The lowest BCUT2D eigenvalue weighted by molar-refractivity contribution is 0.210. The summed E-state index contributed by atoms with van der Waals surface area (Å²) in [6, 6.07) is 1.58. The number of amides is 2. The molecule has 64 valence electrons. The van der Waals surface area contributed by atoms with Crippen molar-refractivity contribution in [2.75, 3.05) is 13.7 Å². The van der Waals surface area contributed by atoms with Crippen LogP contribution in [-0.2, 0) is 4.74 Å². The van der Waals surface area contributed by atoms with Gasteiger partial charge in [0.05, 0.1) is 12.2 Å². The molecule has 0 aromatic carbocycles. The molecule has 0 fully saturated rings. The topological polar surface area (TPSA) is 74.2 Å². The van der Waals surface area contributed by atoms with Crippen LogP contribution in [0.4, 0.5) is 4.79 Å². The zero-order chi connectivity index (χ0) is 8.97. The minimum atomic E-state index is -0.375. The Kier molecular flexibility index (Phi) is 2.53. The highest BCUT2D eigenvalue weighted by Gasteiger charge is 2.17. The lowest BCUT2D eigenvalue weighted by Crippen LogP contribution is -2.32. The maximum absolute atomic E-state index is 10.8. The lowest BCUT2D eigenvalue weighted by atomic mass is 10.2. The monoisotopic (exact) mass is 167 g/mol. The average molecular weight is 167 g/mol. The molecule has 0 spiro atoms. The number of nitrogens with one attached hydrogen (secondary N) is 2. The molecule has 0 aliphatic carbocycles. The predicted molar refractivity (Wildman–Crippen MR) is 40.8 cm³/mol. The summed E-state index contributed by atoms with van der Waals surface area (Å²) in [4.78, 5) is 10.8. The van der Waals surface area contributed by atoms with E-state index in [0.29, 0.717) is 18.6 Å². The molecule has 2 amide bonds. The van der Waals surface area contributed by atoms with Crippen LogP contribution in [0.15, 0.2) is 11.5 Å². The number of carbonyl (C=O) groups is 1. The van der Waals surface area contributed by atoms with E-state index in [1.54, 1.807) is 0 Å². The molecule has 0 radical (unpaired) electrons. The Morgan fingerprint density at radius 3 is 3.08 bits per heavy atom. The van der Waals surface area contributed by atoms with E-state index < -0.39 is 0 Å². The van der Waals surface area contributed by atoms with Crippen LogP contribution in [0.1, 0.15) is 6.42 Å². The van der Waals surface area contributed by atoms with Crippen LogP contribution in [0.2, 0.25) is 0 Å². The Balaban J connectivity index is 2.62. The molecule has 1 rings (SSSR count). The van der Waals surface area contributed by atoms with Gasteiger partial charge in [0.1, 0.15) is 6.07 Å². The molecule has 5 nitrogen and oxygen atoms in total. The van der Waals surface area contributed by atoms with Gasteiger partial charge in [0, 0.05) is 13.5 Å². The molecule has 1 aliphatic rings. The van der Waals surface area contributed by atoms with Crippen LogP contribution in [0.3, 0.4) is 0 Å². The quantitative estimate of drug-likeness (QED) is 0.580. The maximum atomic E-state index is 10.8. The number of rotatable bonds is 1.